The number of hydrogen-bond acceptors (Lipinski definition) is 5. The Morgan fingerprint density at radius 1 is 0.947 bits per heavy atom. The quantitative estimate of drug-likeness (QED) is 0.223. The number of Topliss-reactive ketones (excluding diaryl/α,β-unsaturated/α-hetero) is 1. The van der Waals surface area contributed by atoms with Crippen LogP contribution < -0.4 is 5.32 Å². The molecule has 0 saturated carbocycles. The molecule has 3 aromatic heterocycles. The Morgan fingerprint density at radius 3 is 2.26 bits per heavy atom. The minimum atomic E-state index is -0.774. The monoisotopic (exact) mass is 546 g/mol. The Kier molecular flexibility index (Phi) is 6.59. The van der Waals surface area contributed by atoms with Gasteiger partial charge in [-0.3, -0.25) is 14.7 Å². The third-order valence-electron chi connectivity index (χ3n) is 6.20. The molecule has 5 rings (SSSR count). The number of amides is 1. The zero-order valence-electron chi connectivity index (χ0n) is 21.1. The summed E-state index contributed by atoms with van der Waals surface area (Å²) in [6.07, 6.45) is 1.74. The van der Waals surface area contributed by atoms with E-state index >= 15 is 0 Å². The smallest absolute Gasteiger partial charge is 0.255 e. The van der Waals surface area contributed by atoms with Crippen molar-refractivity contribution < 1.29 is 14.0 Å². The number of benzene rings is 2. The van der Waals surface area contributed by atoms with Gasteiger partial charge in [-0.15, -0.1) is 0 Å². The molecule has 1 amide bonds. The zero-order chi connectivity index (χ0) is 27.2. The van der Waals surface area contributed by atoms with Crippen molar-refractivity contribution in [3.63, 3.8) is 0 Å². The molecule has 3 heterocycles. The number of pyridine rings is 1. The second kappa shape index (κ2) is 9.74. The molecule has 7 nitrogen and oxygen atoms in total. The van der Waals surface area contributed by atoms with E-state index in [9.17, 15) is 9.59 Å². The molecule has 2 aromatic carbocycles. The molecule has 0 unspecified atom stereocenters. The van der Waals surface area contributed by atoms with Gasteiger partial charge in [-0.1, -0.05) is 68.2 Å². The number of carbonyl (C=O) groups excluding carboxylic acids is 2. The van der Waals surface area contributed by atoms with E-state index in [0.717, 1.165) is 16.8 Å². The van der Waals surface area contributed by atoms with Gasteiger partial charge in [0.05, 0.1) is 27.4 Å². The van der Waals surface area contributed by atoms with Gasteiger partial charge in [-0.2, -0.15) is 5.10 Å². The fourth-order valence-electron chi connectivity index (χ4n) is 4.22. The van der Waals surface area contributed by atoms with E-state index in [4.69, 9.17) is 32.6 Å². The SMILES string of the molecule is CNC(=O)c1c(C(=O)C(C)(C)C)oc2nc(-c3ccc(-c4cc[nH]n4)cc3Cl)c(-c3ccc(Cl)cc3)cc12. The summed E-state index contributed by atoms with van der Waals surface area (Å²) in [6, 6.07) is 16.5. The predicted molar refractivity (Wildman–Crippen MR) is 150 cm³/mol. The standard InChI is InChI=1S/C29H24Cl2N4O3/c1-29(2,3)26(36)25-23(27(37)32-4)20-14-19(15-5-8-17(30)9-6-15)24(34-28(20)38-25)18-10-7-16(13-21(18)31)22-11-12-33-35-22/h5-14H,1-4H3,(H,32,37)(H,33,35). The number of H-pyrrole nitrogens is 1. The molecule has 38 heavy (non-hydrogen) atoms. The largest absolute Gasteiger partial charge is 0.434 e. The summed E-state index contributed by atoms with van der Waals surface area (Å²) in [5.74, 6) is -0.766. The van der Waals surface area contributed by atoms with Crippen molar-refractivity contribution in [2.24, 2.45) is 5.41 Å². The third-order valence-corrected chi connectivity index (χ3v) is 6.76. The summed E-state index contributed by atoms with van der Waals surface area (Å²) in [5, 5.41) is 11.1. The van der Waals surface area contributed by atoms with Gasteiger partial charge >= 0.3 is 0 Å². The molecule has 0 saturated heterocycles. The van der Waals surface area contributed by atoms with Gasteiger partial charge in [0.15, 0.2) is 5.76 Å². The number of rotatable bonds is 5. The Bertz CT molecular complexity index is 1680. The number of fused-ring (bicyclic) bond motifs is 1. The van der Waals surface area contributed by atoms with Gasteiger partial charge in [0.2, 0.25) is 11.5 Å². The number of halogens is 2. The topological polar surface area (TPSA) is 101 Å². The number of furan rings is 1. The number of aromatic nitrogens is 3. The molecule has 0 atom stereocenters. The summed E-state index contributed by atoms with van der Waals surface area (Å²) >= 11 is 12.9. The van der Waals surface area contributed by atoms with Crippen molar-refractivity contribution in [2.45, 2.75) is 20.8 Å². The highest BCUT2D eigenvalue weighted by Crippen LogP contribution is 2.41. The molecule has 0 radical (unpaired) electrons. The third kappa shape index (κ3) is 4.59. The highest BCUT2D eigenvalue weighted by atomic mass is 35.5. The Hall–Kier alpha value is -3.94. The van der Waals surface area contributed by atoms with Gasteiger partial charge in [0.1, 0.15) is 0 Å². The number of nitrogens with zero attached hydrogens (tertiary/aromatic N) is 2. The maximum Gasteiger partial charge on any atom is 0.255 e. The first-order valence-electron chi connectivity index (χ1n) is 11.9. The second-order valence-corrected chi connectivity index (χ2v) is 10.7. The molecule has 0 bridgehead atoms. The summed E-state index contributed by atoms with van der Waals surface area (Å²) in [6.45, 7) is 5.32. The van der Waals surface area contributed by atoms with E-state index in [1.807, 2.05) is 42.5 Å². The van der Waals surface area contributed by atoms with Gasteiger partial charge in [-0.05, 0) is 35.9 Å². The highest BCUT2D eigenvalue weighted by molar-refractivity contribution is 6.34. The number of nitrogens with one attached hydrogen (secondary N) is 2. The Labute approximate surface area is 229 Å². The molecule has 9 heteroatoms. The first-order valence-corrected chi connectivity index (χ1v) is 12.6. The summed E-state index contributed by atoms with van der Waals surface area (Å²) < 4.78 is 6.01. The number of carbonyl (C=O) groups is 2. The van der Waals surface area contributed by atoms with Gasteiger partial charge in [-0.25, -0.2) is 4.98 Å². The van der Waals surface area contributed by atoms with E-state index < -0.39 is 11.3 Å². The average molecular weight is 547 g/mol. The molecular formula is C29H24Cl2N4O3. The summed E-state index contributed by atoms with van der Waals surface area (Å²) in [4.78, 5) is 31.1. The first kappa shape index (κ1) is 25.7. The van der Waals surface area contributed by atoms with Crippen molar-refractivity contribution in [3.8, 4) is 33.6 Å². The second-order valence-electron chi connectivity index (χ2n) is 9.86. The van der Waals surface area contributed by atoms with E-state index in [2.05, 4.69) is 15.5 Å². The van der Waals surface area contributed by atoms with Crippen LogP contribution in [-0.2, 0) is 0 Å². The lowest BCUT2D eigenvalue weighted by molar-refractivity contribution is 0.0820. The molecule has 0 aliphatic rings. The van der Waals surface area contributed by atoms with Crippen molar-refractivity contribution in [1.82, 2.24) is 20.5 Å². The lowest BCUT2D eigenvalue weighted by Gasteiger charge is -2.15. The fourth-order valence-corrected chi connectivity index (χ4v) is 4.61. The molecule has 5 aromatic rings. The molecule has 192 valence electrons. The molecular weight excluding hydrogens is 523 g/mol. The summed E-state index contributed by atoms with van der Waals surface area (Å²) in [5.41, 5.74) is 3.82. The normalized spacial score (nSPS) is 11.6. The average Bonchev–Trinajstić information content (AvgIpc) is 3.55. The van der Waals surface area contributed by atoms with Crippen LogP contribution in [0.2, 0.25) is 10.0 Å². The predicted octanol–water partition coefficient (Wildman–Crippen LogP) is 7.45. The van der Waals surface area contributed by atoms with Gasteiger partial charge in [0.25, 0.3) is 5.91 Å². The van der Waals surface area contributed by atoms with Crippen molar-refractivity contribution in [3.05, 3.63) is 82.2 Å². The van der Waals surface area contributed by atoms with Crippen LogP contribution in [0, 0.1) is 5.41 Å². The van der Waals surface area contributed by atoms with Crippen LogP contribution in [0.4, 0.5) is 0 Å². The Morgan fingerprint density at radius 2 is 1.66 bits per heavy atom. The van der Waals surface area contributed by atoms with E-state index in [0.29, 0.717) is 32.3 Å². The Balaban J connectivity index is 1.80. The lowest BCUT2D eigenvalue weighted by Crippen LogP contribution is -2.25. The number of aromatic amines is 1. The van der Waals surface area contributed by atoms with Crippen molar-refractivity contribution >= 4 is 46.0 Å². The molecule has 0 fully saturated rings. The van der Waals surface area contributed by atoms with Gasteiger partial charge < -0.3 is 9.73 Å². The fraction of sp³-hybridized carbons (Fsp3) is 0.172. The van der Waals surface area contributed by atoms with Crippen molar-refractivity contribution in [1.29, 1.82) is 0 Å². The number of hydrogen-bond donors (Lipinski definition) is 2. The van der Waals surface area contributed by atoms with Crippen LogP contribution >= 0.6 is 23.2 Å². The highest BCUT2D eigenvalue weighted by Gasteiger charge is 2.33. The van der Waals surface area contributed by atoms with Crippen LogP contribution in [0.5, 0.6) is 0 Å². The maximum absolute atomic E-state index is 13.3. The van der Waals surface area contributed by atoms with Crippen LogP contribution in [-0.4, -0.2) is 33.9 Å². The molecule has 0 aliphatic heterocycles. The van der Waals surface area contributed by atoms with E-state index in [1.54, 1.807) is 39.1 Å². The lowest BCUT2D eigenvalue weighted by atomic mass is 9.87. The molecule has 0 aliphatic carbocycles. The van der Waals surface area contributed by atoms with E-state index in [-0.39, 0.29) is 22.8 Å². The van der Waals surface area contributed by atoms with Crippen LogP contribution in [0.3, 0.4) is 0 Å². The van der Waals surface area contributed by atoms with Crippen LogP contribution in [0.1, 0.15) is 41.7 Å². The van der Waals surface area contributed by atoms with E-state index in [1.165, 1.54) is 7.05 Å². The van der Waals surface area contributed by atoms with Crippen molar-refractivity contribution in [2.75, 3.05) is 7.05 Å². The maximum atomic E-state index is 13.3. The molecule has 0 spiro atoms. The van der Waals surface area contributed by atoms with Gasteiger partial charge in [0, 0.05) is 40.4 Å². The number of ketones is 1. The minimum Gasteiger partial charge on any atom is -0.434 e. The van der Waals surface area contributed by atoms with Crippen LogP contribution in [0.25, 0.3) is 44.7 Å². The van der Waals surface area contributed by atoms with Crippen LogP contribution in [0.15, 0.2) is 65.2 Å². The molecule has 2 N–H and O–H groups in total. The zero-order valence-corrected chi connectivity index (χ0v) is 22.7. The summed E-state index contributed by atoms with van der Waals surface area (Å²) in [7, 11) is 1.51. The first-order chi connectivity index (χ1) is 18.1. The minimum absolute atomic E-state index is 0.0291.